The van der Waals surface area contributed by atoms with Gasteiger partial charge in [-0.25, -0.2) is 26.3 Å². The van der Waals surface area contributed by atoms with Crippen LogP contribution in [0, 0.1) is 5.82 Å². The summed E-state index contributed by atoms with van der Waals surface area (Å²) in [5.74, 6) is -1.29. The summed E-state index contributed by atoms with van der Waals surface area (Å²) >= 11 is 0. The minimum Gasteiger partial charge on any atom is -0.367 e. The molecule has 1 saturated heterocycles. The fourth-order valence-corrected chi connectivity index (χ4v) is 5.47. The number of hydrogen-bond acceptors (Lipinski definition) is 7. The number of piperazine rings is 1. The third kappa shape index (κ3) is 4.75. The molecule has 0 atom stereocenters. The van der Waals surface area contributed by atoms with Crippen LogP contribution in [-0.4, -0.2) is 68.3 Å². The molecule has 3 rings (SSSR count). The molecule has 182 valence electrons. The van der Waals surface area contributed by atoms with Gasteiger partial charge in [0.05, 0.1) is 27.6 Å². The second-order valence-corrected chi connectivity index (χ2v) is 12.0. The maximum Gasteiger partial charge on any atom is 0.501 e. The van der Waals surface area contributed by atoms with E-state index in [9.17, 15) is 39.2 Å². The maximum absolute atomic E-state index is 14.1. The predicted octanol–water partition coefficient (Wildman–Crippen LogP) is 1.73. The van der Waals surface area contributed by atoms with Crippen LogP contribution in [0.5, 0.6) is 0 Å². The molecule has 2 aromatic rings. The van der Waals surface area contributed by atoms with Crippen molar-refractivity contribution in [1.82, 2.24) is 14.5 Å². The van der Waals surface area contributed by atoms with E-state index in [1.165, 1.54) is 24.3 Å². The van der Waals surface area contributed by atoms with Gasteiger partial charge in [0.15, 0.2) is 0 Å². The van der Waals surface area contributed by atoms with Gasteiger partial charge in [-0.3, -0.25) is 4.79 Å². The first-order valence-corrected chi connectivity index (χ1v) is 12.6. The summed E-state index contributed by atoms with van der Waals surface area (Å²) in [7, 11) is -9.38. The van der Waals surface area contributed by atoms with E-state index in [1.54, 1.807) is 4.90 Å². The van der Waals surface area contributed by atoms with Crippen LogP contribution in [0.25, 0.3) is 11.1 Å². The maximum atomic E-state index is 14.1. The zero-order valence-corrected chi connectivity index (χ0v) is 19.1. The van der Waals surface area contributed by atoms with Crippen molar-refractivity contribution in [1.29, 1.82) is 0 Å². The lowest BCUT2D eigenvalue weighted by Gasteiger charge is -2.36. The van der Waals surface area contributed by atoms with E-state index in [-0.39, 0.29) is 43.5 Å². The predicted molar refractivity (Wildman–Crippen MR) is 111 cm³/mol. The molecule has 1 aromatic carbocycles. The number of rotatable bonds is 5. The average molecular weight is 513 g/mol. The number of sulfonamides is 1. The number of hydrogen-bond donors (Lipinski definition) is 1. The highest BCUT2D eigenvalue weighted by molar-refractivity contribution is 7.92. The van der Waals surface area contributed by atoms with Crippen LogP contribution in [0.4, 0.5) is 23.2 Å². The number of anilines is 1. The van der Waals surface area contributed by atoms with Gasteiger partial charge >= 0.3 is 5.51 Å². The highest BCUT2D eigenvalue weighted by Crippen LogP contribution is 2.35. The van der Waals surface area contributed by atoms with E-state index in [1.807, 2.05) is 0 Å². The summed E-state index contributed by atoms with van der Waals surface area (Å²) in [6.07, 6.45) is 1.19. The van der Waals surface area contributed by atoms with Gasteiger partial charge in [0.2, 0.25) is 10.0 Å². The number of alkyl halides is 3. The summed E-state index contributed by atoms with van der Waals surface area (Å²) in [5.41, 5.74) is -7.13. The Labute approximate surface area is 187 Å². The minimum atomic E-state index is -5.87. The van der Waals surface area contributed by atoms with Crippen LogP contribution in [0.2, 0.25) is 0 Å². The van der Waals surface area contributed by atoms with Crippen molar-refractivity contribution in [3.8, 4) is 11.1 Å². The molecule has 9 nitrogen and oxygen atoms in total. The van der Waals surface area contributed by atoms with Crippen molar-refractivity contribution < 1.29 is 34.4 Å². The molecule has 2 heterocycles. The monoisotopic (exact) mass is 512 g/mol. The summed E-state index contributed by atoms with van der Waals surface area (Å²) < 4.78 is 103. The average Bonchev–Trinajstić information content (AvgIpc) is 2.72. The van der Waals surface area contributed by atoms with E-state index < -0.39 is 52.5 Å². The molecule has 0 amide bonds. The van der Waals surface area contributed by atoms with Crippen molar-refractivity contribution >= 4 is 25.5 Å². The molecular weight excluding hydrogens is 492 g/mol. The molecule has 0 bridgehead atoms. The molecule has 1 aliphatic rings. The van der Waals surface area contributed by atoms with Crippen LogP contribution in [0.15, 0.2) is 34.1 Å². The first-order valence-electron chi connectivity index (χ1n) is 9.60. The molecule has 1 N–H and O–H groups in total. The topological polar surface area (TPSA) is 121 Å². The van der Waals surface area contributed by atoms with Gasteiger partial charge in [-0.1, -0.05) is 0 Å². The number of nitrogens with one attached hydrogen (secondary N) is 1. The van der Waals surface area contributed by atoms with Crippen molar-refractivity contribution in [2.24, 2.45) is 0 Å². The van der Waals surface area contributed by atoms with E-state index in [0.717, 1.165) is 6.07 Å². The molecule has 0 spiro atoms. The molecule has 15 heteroatoms. The Bertz CT molecular complexity index is 1320. The standard InChI is InChI=1S/C18H20F4N4O5S2/c1-11(2)33(30,31)26-5-3-25(4-6-26)15-10-23-24-17(27)16(15)12-7-13(19)9-14(8-12)32(28,29)18(20,21)22/h7-11H,3-6H2,1-2H3,(H,24,27). The molecular formula is C18H20F4N4O5S2. The van der Waals surface area contributed by atoms with E-state index in [0.29, 0.717) is 6.07 Å². The van der Waals surface area contributed by atoms with Gasteiger partial charge in [-0.05, 0) is 37.6 Å². The van der Waals surface area contributed by atoms with Gasteiger partial charge in [0.25, 0.3) is 15.4 Å². The van der Waals surface area contributed by atoms with Gasteiger partial charge in [0, 0.05) is 26.2 Å². The second kappa shape index (κ2) is 8.68. The smallest absolute Gasteiger partial charge is 0.367 e. The molecule has 0 aliphatic carbocycles. The zero-order valence-electron chi connectivity index (χ0n) is 17.4. The second-order valence-electron chi connectivity index (χ2n) is 7.56. The lowest BCUT2D eigenvalue weighted by molar-refractivity contribution is -0.0436. The van der Waals surface area contributed by atoms with Gasteiger partial charge in [0.1, 0.15) is 5.82 Å². The lowest BCUT2D eigenvalue weighted by Crippen LogP contribution is -2.50. The first-order chi connectivity index (χ1) is 15.2. The molecule has 0 unspecified atom stereocenters. The summed E-state index contributed by atoms with van der Waals surface area (Å²) in [6.45, 7) is 3.46. The Morgan fingerprint density at radius 3 is 2.18 bits per heavy atom. The Balaban J connectivity index is 2.04. The Kier molecular flexibility index (Phi) is 6.61. The molecule has 1 fully saturated rings. The highest BCUT2D eigenvalue weighted by Gasteiger charge is 2.47. The largest absolute Gasteiger partial charge is 0.501 e. The van der Waals surface area contributed by atoms with Gasteiger partial charge < -0.3 is 4.90 Å². The van der Waals surface area contributed by atoms with Gasteiger partial charge in [-0.2, -0.15) is 22.6 Å². The van der Waals surface area contributed by atoms with Gasteiger partial charge in [-0.15, -0.1) is 0 Å². The molecule has 33 heavy (non-hydrogen) atoms. The van der Waals surface area contributed by atoms with E-state index in [4.69, 9.17) is 0 Å². The number of aromatic amines is 1. The number of nitrogens with zero attached hydrogens (tertiary/aromatic N) is 3. The number of H-pyrrole nitrogens is 1. The number of halogens is 4. The minimum absolute atomic E-state index is 0.0730. The third-order valence-electron chi connectivity index (χ3n) is 5.15. The highest BCUT2D eigenvalue weighted by atomic mass is 32.2. The summed E-state index contributed by atoms with van der Waals surface area (Å²) in [6, 6.07) is 1.53. The number of benzene rings is 1. The molecule has 1 aromatic heterocycles. The summed E-state index contributed by atoms with van der Waals surface area (Å²) in [4.78, 5) is 12.7. The van der Waals surface area contributed by atoms with E-state index in [2.05, 4.69) is 10.2 Å². The van der Waals surface area contributed by atoms with Crippen LogP contribution in [0.1, 0.15) is 13.8 Å². The zero-order chi connectivity index (χ0) is 24.8. The normalized spacial score (nSPS) is 16.4. The Morgan fingerprint density at radius 1 is 1.03 bits per heavy atom. The van der Waals surface area contributed by atoms with Crippen molar-refractivity contribution in [2.75, 3.05) is 31.1 Å². The van der Waals surface area contributed by atoms with Crippen molar-refractivity contribution in [3.05, 3.63) is 40.6 Å². The van der Waals surface area contributed by atoms with Crippen LogP contribution in [-0.2, 0) is 19.9 Å². The fourth-order valence-electron chi connectivity index (χ4n) is 3.39. The lowest BCUT2D eigenvalue weighted by atomic mass is 10.1. The first kappa shape index (κ1) is 25.1. The SMILES string of the molecule is CC(C)S(=O)(=O)N1CCN(c2cn[nH]c(=O)c2-c2cc(F)cc(S(=O)(=O)C(F)(F)F)c2)CC1. The number of sulfone groups is 1. The van der Waals surface area contributed by atoms with Crippen molar-refractivity contribution in [3.63, 3.8) is 0 Å². The number of aromatic nitrogens is 2. The van der Waals surface area contributed by atoms with Crippen molar-refractivity contribution in [2.45, 2.75) is 29.5 Å². The molecule has 0 saturated carbocycles. The molecule has 1 aliphatic heterocycles. The Morgan fingerprint density at radius 2 is 1.64 bits per heavy atom. The van der Waals surface area contributed by atoms with E-state index >= 15 is 0 Å². The third-order valence-corrected chi connectivity index (χ3v) is 8.89. The van der Waals surface area contributed by atoms with Crippen LogP contribution < -0.4 is 10.5 Å². The fraction of sp³-hybridized carbons (Fsp3) is 0.444. The van der Waals surface area contributed by atoms with Crippen LogP contribution >= 0.6 is 0 Å². The quantitative estimate of drug-likeness (QED) is 0.606. The Hall–Kier alpha value is -2.52. The summed E-state index contributed by atoms with van der Waals surface area (Å²) in [5, 5.41) is 5.14. The van der Waals surface area contributed by atoms with Crippen LogP contribution in [0.3, 0.4) is 0 Å². The molecule has 0 radical (unpaired) electrons.